The third kappa shape index (κ3) is 4.98. The van der Waals surface area contributed by atoms with Crippen LogP contribution in [0.15, 0.2) is 30.3 Å². The van der Waals surface area contributed by atoms with Gasteiger partial charge < -0.3 is 5.11 Å². The van der Waals surface area contributed by atoms with Crippen LogP contribution < -0.4 is 0 Å². The summed E-state index contributed by atoms with van der Waals surface area (Å²) >= 11 is 0. The average molecular weight is 345 g/mol. The molecule has 22 heavy (non-hydrogen) atoms. The van der Waals surface area contributed by atoms with E-state index in [9.17, 15) is 9.90 Å². The quantitative estimate of drug-likeness (QED) is 0.474. The predicted molar refractivity (Wildman–Crippen MR) is 87.3 cm³/mol. The van der Waals surface area contributed by atoms with E-state index < -0.39 is 0 Å². The Balaban J connectivity index is 0.00000242. The first-order chi connectivity index (χ1) is 9.88. The van der Waals surface area contributed by atoms with Gasteiger partial charge in [0, 0.05) is 34.0 Å². The molecule has 1 fully saturated rings. The normalized spacial score (nSPS) is 17.0. The maximum Gasteiger partial charge on any atom is 0.162 e. The third-order valence-corrected chi connectivity index (χ3v) is 4.33. The number of allylic oxidation sites excluding steroid dienone is 1. The topological polar surface area (TPSA) is 37.3 Å². The first-order valence-corrected chi connectivity index (χ1v) is 7.93. The van der Waals surface area contributed by atoms with Crippen molar-refractivity contribution in [1.29, 1.82) is 0 Å². The molecule has 2 nitrogen and oxygen atoms in total. The molecular weight excluding hydrogens is 319 g/mol. The molecule has 0 saturated heterocycles. The largest absolute Gasteiger partial charge is 0.507 e. The molecule has 0 atom stereocenters. The van der Waals surface area contributed by atoms with Crippen LogP contribution in [0.4, 0.5) is 0 Å². The first kappa shape index (κ1) is 19.0. The molecule has 1 aromatic carbocycles. The summed E-state index contributed by atoms with van der Waals surface area (Å²) in [5, 5.41) is 10.2. The van der Waals surface area contributed by atoms with Gasteiger partial charge in [0.05, 0.1) is 0 Å². The molecule has 0 aromatic heterocycles. The molecule has 0 aliphatic heterocycles. The van der Waals surface area contributed by atoms with Crippen LogP contribution in [0.25, 0.3) is 5.76 Å². The molecule has 124 valence electrons. The Morgan fingerprint density at radius 1 is 1.09 bits per heavy atom. The maximum absolute atomic E-state index is 12.2. The minimum absolute atomic E-state index is 0. The molecule has 1 aromatic rings. The van der Waals surface area contributed by atoms with Crippen molar-refractivity contribution < 1.29 is 26.4 Å². The molecule has 0 bridgehead atoms. The monoisotopic (exact) mass is 344 g/mol. The Labute approximate surface area is 143 Å². The average Bonchev–Trinajstić information content (AvgIpc) is 2.47. The van der Waals surface area contributed by atoms with Crippen LogP contribution in [0, 0.1) is 5.92 Å². The zero-order chi connectivity index (χ0) is 15.5. The van der Waals surface area contributed by atoms with Crippen LogP contribution in [-0.4, -0.2) is 10.9 Å². The van der Waals surface area contributed by atoms with E-state index in [2.05, 4.69) is 20.8 Å². The molecule has 0 amide bonds. The first-order valence-electron chi connectivity index (χ1n) is 7.93. The summed E-state index contributed by atoms with van der Waals surface area (Å²) in [7, 11) is 0. The molecule has 0 radical (unpaired) electrons. The summed E-state index contributed by atoms with van der Waals surface area (Å²) in [5.41, 5.74) is 2.03. The van der Waals surface area contributed by atoms with Gasteiger partial charge in [-0.2, -0.15) is 0 Å². The van der Waals surface area contributed by atoms with Crippen LogP contribution in [0.3, 0.4) is 0 Å². The van der Waals surface area contributed by atoms with Crippen molar-refractivity contribution in [3.63, 3.8) is 0 Å². The summed E-state index contributed by atoms with van der Waals surface area (Å²) < 4.78 is 0. The third-order valence-electron chi connectivity index (χ3n) is 4.33. The summed E-state index contributed by atoms with van der Waals surface area (Å²) in [6.07, 6.45) is 6.84. The molecule has 1 saturated carbocycles. The van der Waals surface area contributed by atoms with E-state index in [4.69, 9.17) is 0 Å². The van der Waals surface area contributed by atoms with Crippen molar-refractivity contribution in [2.24, 2.45) is 5.92 Å². The Hall–Kier alpha value is -1.08. The number of hydrogen-bond donors (Lipinski definition) is 1. The number of aliphatic hydroxyl groups excluding tert-OH is 1. The summed E-state index contributed by atoms with van der Waals surface area (Å²) in [4.78, 5) is 12.2. The number of hydrogen-bond acceptors (Lipinski definition) is 2. The standard InChI is InChI=1S/C19H26O2.Ni/c1-19(2,3)16-11-9-15(10-12-16)18(21)13-17(20)14-7-5-4-6-8-14;/h9-14,21H,4-8H2,1-3H3;/b18-13-;. The van der Waals surface area contributed by atoms with E-state index in [0.29, 0.717) is 5.56 Å². The number of aliphatic hydroxyl groups is 1. The Morgan fingerprint density at radius 3 is 2.14 bits per heavy atom. The minimum Gasteiger partial charge on any atom is -0.507 e. The molecule has 0 heterocycles. The fourth-order valence-corrected chi connectivity index (χ4v) is 2.86. The minimum atomic E-state index is 0. The van der Waals surface area contributed by atoms with Crippen LogP contribution in [0.2, 0.25) is 0 Å². The SMILES string of the molecule is CC(C)(C)c1ccc(/C(O)=C/C(=O)C2CCCCC2)cc1.[Ni]. The molecule has 0 unspecified atom stereocenters. The van der Waals surface area contributed by atoms with Gasteiger partial charge in [-0.05, 0) is 23.8 Å². The van der Waals surface area contributed by atoms with E-state index in [-0.39, 0.29) is 39.4 Å². The van der Waals surface area contributed by atoms with E-state index in [1.54, 1.807) is 0 Å². The Morgan fingerprint density at radius 2 is 1.64 bits per heavy atom. The van der Waals surface area contributed by atoms with Gasteiger partial charge in [0.1, 0.15) is 5.76 Å². The fourth-order valence-electron chi connectivity index (χ4n) is 2.86. The Kier molecular flexibility index (Phi) is 6.87. The molecule has 3 heteroatoms. The number of rotatable bonds is 3. The summed E-state index contributed by atoms with van der Waals surface area (Å²) in [5.74, 6) is 0.271. The van der Waals surface area contributed by atoms with Crippen molar-refractivity contribution in [1.82, 2.24) is 0 Å². The number of carbonyl (C=O) groups is 1. The second-order valence-corrected chi connectivity index (χ2v) is 7.09. The van der Waals surface area contributed by atoms with Gasteiger partial charge in [-0.25, -0.2) is 0 Å². The van der Waals surface area contributed by atoms with Gasteiger partial charge in [-0.1, -0.05) is 64.3 Å². The second kappa shape index (κ2) is 7.97. The smallest absolute Gasteiger partial charge is 0.162 e. The Bertz CT molecular complexity index is 517. The van der Waals surface area contributed by atoms with E-state index in [1.165, 1.54) is 18.1 Å². The van der Waals surface area contributed by atoms with Gasteiger partial charge in [0.2, 0.25) is 0 Å². The van der Waals surface area contributed by atoms with E-state index >= 15 is 0 Å². The molecule has 0 spiro atoms. The molecular formula is C19H26NiO2. The van der Waals surface area contributed by atoms with Gasteiger partial charge in [-0.15, -0.1) is 0 Å². The molecule has 1 aliphatic carbocycles. The predicted octanol–water partition coefficient (Wildman–Crippen LogP) is 5.03. The number of benzene rings is 1. The van der Waals surface area contributed by atoms with Crippen molar-refractivity contribution in [3.05, 3.63) is 41.5 Å². The molecule has 1 aliphatic rings. The fraction of sp³-hybridized carbons (Fsp3) is 0.526. The summed E-state index contributed by atoms with van der Waals surface area (Å²) in [6, 6.07) is 7.82. The summed E-state index contributed by atoms with van der Waals surface area (Å²) in [6.45, 7) is 6.47. The molecule has 2 rings (SSSR count). The van der Waals surface area contributed by atoms with Crippen LogP contribution >= 0.6 is 0 Å². The van der Waals surface area contributed by atoms with Gasteiger partial charge in [0.15, 0.2) is 5.78 Å². The van der Waals surface area contributed by atoms with Crippen LogP contribution in [-0.2, 0) is 26.7 Å². The molecule has 1 N–H and O–H groups in total. The van der Waals surface area contributed by atoms with Gasteiger partial charge in [-0.3, -0.25) is 4.79 Å². The van der Waals surface area contributed by atoms with Crippen LogP contribution in [0.5, 0.6) is 0 Å². The zero-order valence-electron chi connectivity index (χ0n) is 13.7. The maximum atomic E-state index is 12.2. The number of ketones is 1. The second-order valence-electron chi connectivity index (χ2n) is 7.09. The van der Waals surface area contributed by atoms with Crippen molar-refractivity contribution in [3.8, 4) is 0 Å². The van der Waals surface area contributed by atoms with Crippen molar-refractivity contribution in [2.75, 3.05) is 0 Å². The van der Waals surface area contributed by atoms with Crippen molar-refractivity contribution >= 4 is 11.5 Å². The number of carbonyl (C=O) groups excluding carboxylic acids is 1. The van der Waals surface area contributed by atoms with Crippen molar-refractivity contribution in [2.45, 2.75) is 58.3 Å². The van der Waals surface area contributed by atoms with E-state index in [1.807, 2.05) is 24.3 Å². The van der Waals surface area contributed by atoms with Gasteiger partial charge >= 0.3 is 0 Å². The zero-order valence-corrected chi connectivity index (χ0v) is 14.7. The van der Waals surface area contributed by atoms with Gasteiger partial charge in [0.25, 0.3) is 0 Å². The van der Waals surface area contributed by atoms with Crippen LogP contribution in [0.1, 0.15) is 64.0 Å². The van der Waals surface area contributed by atoms with E-state index in [0.717, 1.165) is 25.7 Å².